The van der Waals surface area contributed by atoms with Gasteiger partial charge in [0.05, 0.1) is 22.2 Å². The Hall–Kier alpha value is -8.73. The van der Waals surface area contributed by atoms with Crippen LogP contribution in [0.3, 0.4) is 0 Å². The topological polar surface area (TPSA) is 43.6 Å². The summed E-state index contributed by atoms with van der Waals surface area (Å²) < 4.78 is 2.41. The molecule has 0 radical (unpaired) electrons. The fourth-order valence-electron chi connectivity index (χ4n) is 11.4. The molecule has 11 aromatic rings. The molecule has 2 aromatic heterocycles. The molecule has 0 atom stereocenters. The SMILES string of the molecule is c1ccc(-c2cccc(-c3nc(-c4ccccc4)nc(-n4c5c(c6c4-c4ccccc4C6(c4ccccc4)c4ccccc4)C(c4ccccc4)(c4ccccc4)c4ccccc4-5)n3)c2)cc1. The Morgan fingerprint density at radius 2 is 0.627 bits per heavy atom. The van der Waals surface area contributed by atoms with Gasteiger partial charge in [-0.3, -0.25) is 4.57 Å². The van der Waals surface area contributed by atoms with Gasteiger partial charge in [-0.1, -0.05) is 249 Å². The van der Waals surface area contributed by atoms with Crippen molar-refractivity contribution in [2.75, 3.05) is 0 Å². The summed E-state index contributed by atoms with van der Waals surface area (Å²) >= 11 is 0. The van der Waals surface area contributed by atoms with Gasteiger partial charge in [0, 0.05) is 33.4 Å². The van der Waals surface area contributed by atoms with E-state index in [4.69, 9.17) is 15.0 Å². The molecule has 0 N–H and O–H groups in total. The third kappa shape index (κ3) is 5.69. The van der Waals surface area contributed by atoms with Crippen molar-refractivity contribution in [1.82, 2.24) is 19.5 Å². The summed E-state index contributed by atoms with van der Waals surface area (Å²) in [4.78, 5) is 16.5. The van der Waals surface area contributed by atoms with Gasteiger partial charge in [-0.2, -0.15) is 9.97 Å². The summed E-state index contributed by atoms with van der Waals surface area (Å²) in [5.74, 6) is 1.77. The van der Waals surface area contributed by atoms with Crippen LogP contribution in [0.5, 0.6) is 0 Å². The number of nitrogens with zero attached hydrogens (tertiary/aromatic N) is 4. The van der Waals surface area contributed by atoms with E-state index in [1.54, 1.807) is 0 Å². The minimum absolute atomic E-state index is 0.560. The van der Waals surface area contributed by atoms with Crippen LogP contribution in [0.15, 0.2) is 255 Å². The van der Waals surface area contributed by atoms with Crippen molar-refractivity contribution in [2.45, 2.75) is 10.8 Å². The molecule has 0 saturated carbocycles. The molecule has 67 heavy (non-hydrogen) atoms. The zero-order chi connectivity index (χ0) is 44.4. The number of rotatable bonds is 8. The van der Waals surface area contributed by atoms with Crippen LogP contribution in [0, 0.1) is 0 Å². The van der Waals surface area contributed by atoms with E-state index in [9.17, 15) is 0 Å². The molecule has 4 nitrogen and oxygen atoms in total. The van der Waals surface area contributed by atoms with Crippen LogP contribution in [-0.2, 0) is 10.8 Å². The largest absolute Gasteiger partial charge is 0.277 e. The molecule has 2 heterocycles. The van der Waals surface area contributed by atoms with E-state index in [0.29, 0.717) is 17.6 Å². The van der Waals surface area contributed by atoms with E-state index in [-0.39, 0.29) is 0 Å². The molecule has 0 aliphatic heterocycles. The molecule has 0 bridgehead atoms. The van der Waals surface area contributed by atoms with Gasteiger partial charge in [0.2, 0.25) is 5.95 Å². The van der Waals surface area contributed by atoms with Crippen LogP contribution < -0.4 is 0 Å². The van der Waals surface area contributed by atoms with Gasteiger partial charge in [-0.25, -0.2) is 4.98 Å². The summed E-state index contributed by atoms with van der Waals surface area (Å²) in [7, 11) is 0. The molecule has 0 spiro atoms. The summed E-state index contributed by atoms with van der Waals surface area (Å²) in [6, 6.07) is 91.8. The highest BCUT2D eigenvalue weighted by atomic mass is 15.2. The van der Waals surface area contributed by atoms with Crippen molar-refractivity contribution >= 4 is 0 Å². The monoisotopic (exact) mass is 854 g/mol. The van der Waals surface area contributed by atoms with E-state index in [1.165, 1.54) is 44.5 Å². The Labute approximate surface area is 390 Å². The van der Waals surface area contributed by atoms with E-state index in [0.717, 1.165) is 44.8 Å². The quantitative estimate of drug-likeness (QED) is 0.153. The highest BCUT2D eigenvalue weighted by Gasteiger charge is 2.58. The molecule has 0 fully saturated rings. The third-order valence-electron chi connectivity index (χ3n) is 14.0. The van der Waals surface area contributed by atoms with Crippen LogP contribution >= 0.6 is 0 Å². The predicted molar refractivity (Wildman–Crippen MR) is 270 cm³/mol. The van der Waals surface area contributed by atoms with Gasteiger partial charge in [-0.15, -0.1) is 0 Å². The number of benzene rings is 9. The summed E-state index contributed by atoms with van der Waals surface area (Å²) in [6.07, 6.45) is 0. The number of aromatic nitrogens is 4. The number of hydrogen-bond acceptors (Lipinski definition) is 3. The van der Waals surface area contributed by atoms with Gasteiger partial charge in [0.25, 0.3) is 0 Å². The van der Waals surface area contributed by atoms with Gasteiger partial charge < -0.3 is 0 Å². The van der Waals surface area contributed by atoms with Crippen LogP contribution in [0.25, 0.3) is 62.4 Å². The molecule has 4 heteroatoms. The Morgan fingerprint density at radius 1 is 0.284 bits per heavy atom. The maximum absolute atomic E-state index is 5.63. The highest BCUT2D eigenvalue weighted by molar-refractivity contribution is 5.98. The number of hydrogen-bond donors (Lipinski definition) is 0. The Bertz CT molecular complexity index is 3370. The smallest absolute Gasteiger partial charge is 0.238 e. The normalized spacial score (nSPS) is 13.6. The molecular formula is C63H42N4. The van der Waals surface area contributed by atoms with Crippen molar-refractivity contribution in [3.8, 4) is 62.4 Å². The standard InChI is InChI=1S/C63H42N4/c1-7-24-43(25-8-1)45-28-23-29-46(42-45)60-64-59(44-26-9-2-10-27-44)65-61(66-60)67-57-51-38-19-21-40-53(51)62(47-30-11-3-12-31-47,48-32-13-4-14-33-48)55(57)56-58(67)52-39-20-22-41-54(52)63(56,49-34-15-5-16-35-49)50-36-17-6-18-37-50/h1-42H. The molecule has 13 rings (SSSR count). The lowest BCUT2D eigenvalue weighted by Gasteiger charge is -2.39. The van der Waals surface area contributed by atoms with Gasteiger partial charge >= 0.3 is 0 Å². The lowest BCUT2D eigenvalue weighted by Crippen LogP contribution is -2.35. The summed E-state index contributed by atoms with van der Waals surface area (Å²) in [6.45, 7) is 0. The molecule has 0 amide bonds. The van der Waals surface area contributed by atoms with Gasteiger partial charge in [-0.05, 0) is 50.6 Å². The molecule has 0 saturated heterocycles. The Balaban J connectivity index is 1.24. The Kier molecular flexibility index (Phi) is 8.94. The molecule has 314 valence electrons. The van der Waals surface area contributed by atoms with E-state index in [1.807, 2.05) is 18.2 Å². The highest BCUT2D eigenvalue weighted by Crippen LogP contribution is 2.67. The third-order valence-corrected chi connectivity index (χ3v) is 14.0. The minimum atomic E-state index is -0.747. The average molecular weight is 855 g/mol. The molecule has 2 aliphatic rings. The van der Waals surface area contributed by atoms with Crippen molar-refractivity contribution in [1.29, 1.82) is 0 Å². The first kappa shape index (κ1) is 38.7. The van der Waals surface area contributed by atoms with Crippen molar-refractivity contribution in [3.05, 3.63) is 299 Å². The zero-order valence-corrected chi connectivity index (χ0v) is 36.5. The first-order chi connectivity index (χ1) is 33.3. The number of fused-ring (bicyclic) bond motifs is 7. The summed E-state index contributed by atoms with van der Waals surface area (Å²) in [5, 5.41) is 0. The first-order valence-electron chi connectivity index (χ1n) is 23.0. The Morgan fingerprint density at radius 3 is 1.07 bits per heavy atom. The first-order valence-corrected chi connectivity index (χ1v) is 23.0. The fourth-order valence-corrected chi connectivity index (χ4v) is 11.4. The van der Waals surface area contributed by atoms with Crippen LogP contribution in [0.2, 0.25) is 0 Å². The van der Waals surface area contributed by atoms with E-state index >= 15 is 0 Å². The second-order valence-corrected chi connectivity index (χ2v) is 17.4. The lowest BCUT2D eigenvalue weighted by molar-refractivity contribution is 0.707. The maximum atomic E-state index is 5.63. The average Bonchev–Trinajstić information content (AvgIpc) is 4.03. The van der Waals surface area contributed by atoms with E-state index < -0.39 is 10.8 Å². The molecule has 2 aliphatic carbocycles. The van der Waals surface area contributed by atoms with Crippen LogP contribution in [0.4, 0.5) is 0 Å². The maximum Gasteiger partial charge on any atom is 0.238 e. The second-order valence-electron chi connectivity index (χ2n) is 17.4. The van der Waals surface area contributed by atoms with Crippen LogP contribution in [-0.4, -0.2) is 19.5 Å². The molecule has 0 unspecified atom stereocenters. The van der Waals surface area contributed by atoms with Gasteiger partial charge in [0.15, 0.2) is 11.6 Å². The minimum Gasteiger partial charge on any atom is -0.277 e. The molecule has 9 aromatic carbocycles. The fraction of sp³-hybridized carbons (Fsp3) is 0.0317. The van der Waals surface area contributed by atoms with Gasteiger partial charge in [0.1, 0.15) is 0 Å². The predicted octanol–water partition coefficient (Wildman–Crippen LogP) is 14.4. The van der Waals surface area contributed by atoms with E-state index in [2.05, 4.69) is 241 Å². The zero-order valence-electron chi connectivity index (χ0n) is 36.5. The van der Waals surface area contributed by atoms with Crippen LogP contribution in [0.1, 0.15) is 44.5 Å². The van der Waals surface area contributed by atoms with Crippen molar-refractivity contribution < 1.29 is 0 Å². The lowest BCUT2D eigenvalue weighted by atomic mass is 9.61. The second kappa shape index (κ2) is 15.5. The summed E-state index contributed by atoms with van der Waals surface area (Å²) in [5.41, 5.74) is 16.6. The molecular weight excluding hydrogens is 813 g/mol. The van der Waals surface area contributed by atoms with Crippen molar-refractivity contribution in [2.24, 2.45) is 0 Å². The van der Waals surface area contributed by atoms with Crippen molar-refractivity contribution in [3.63, 3.8) is 0 Å².